The van der Waals surface area contributed by atoms with E-state index in [9.17, 15) is 9.59 Å². The van der Waals surface area contributed by atoms with E-state index < -0.39 is 0 Å². The maximum atomic E-state index is 12.5. The zero-order valence-electron chi connectivity index (χ0n) is 13.4. The van der Waals surface area contributed by atoms with Crippen molar-refractivity contribution >= 4 is 24.4 Å². The number of amides is 2. The largest absolute Gasteiger partial charge is 0.353 e. The van der Waals surface area contributed by atoms with Crippen molar-refractivity contribution in [2.75, 3.05) is 13.1 Å². The average Bonchev–Trinajstić information content (AvgIpc) is 2.47. The van der Waals surface area contributed by atoms with Gasteiger partial charge in [-0.2, -0.15) is 0 Å². The Labute approximate surface area is 137 Å². The topological polar surface area (TPSA) is 49.4 Å². The smallest absolute Gasteiger partial charge is 0.254 e. The van der Waals surface area contributed by atoms with Gasteiger partial charge in [0.25, 0.3) is 5.91 Å². The third-order valence-electron chi connectivity index (χ3n) is 3.93. The lowest BCUT2D eigenvalue weighted by Crippen LogP contribution is -2.49. The van der Waals surface area contributed by atoms with Gasteiger partial charge in [0.05, 0.1) is 5.56 Å². The van der Waals surface area contributed by atoms with Gasteiger partial charge in [0.2, 0.25) is 5.91 Å². The van der Waals surface area contributed by atoms with Gasteiger partial charge in [-0.1, -0.05) is 32.9 Å². The van der Waals surface area contributed by atoms with Crippen molar-refractivity contribution in [3.05, 3.63) is 29.8 Å². The Morgan fingerprint density at radius 1 is 1.18 bits per heavy atom. The summed E-state index contributed by atoms with van der Waals surface area (Å²) in [6, 6.07) is 7.50. The molecule has 2 rings (SSSR count). The fourth-order valence-corrected chi connectivity index (χ4v) is 2.71. The Hall–Kier alpha value is -1.49. The highest BCUT2D eigenvalue weighted by Gasteiger charge is 2.28. The second-order valence-electron chi connectivity index (χ2n) is 6.81. The predicted molar refractivity (Wildman–Crippen MR) is 90.2 cm³/mol. The molecule has 0 unspecified atom stereocenters. The summed E-state index contributed by atoms with van der Waals surface area (Å²) in [7, 11) is 0. The van der Waals surface area contributed by atoms with E-state index in [1.807, 2.05) is 43.9 Å². The van der Waals surface area contributed by atoms with E-state index in [2.05, 4.69) is 17.9 Å². The molecule has 1 aromatic carbocycles. The van der Waals surface area contributed by atoms with Crippen LogP contribution in [-0.4, -0.2) is 35.8 Å². The number of thiol groups is 1. The lowest BCUT2D eigenvalue weighted by Gasteiger charge is -2.34. The first-order valence-corrected chi connectivity index (χ1v) is 8.12. The van der Waals surface area contributed by atoms with E-state index >= 15 is 0 Å². The normalized spacial score (nSPS) is 16.5. The quantitative estimate of drug-likeness (QED) is 0.823. The molecule has 1 aliphatic rings. The summed E-state index contributed by atoms with van der Waals surface area (Å²) < 4.78 is 0. The lowest BCUT2D eigenvalue weighted by molar-refractivity contribution is -0.129. The van der Waals surface area contributed by atoms with Crippen LogP contribution in [0.25, 0.3) is 0 Å². The standard InChI is InChI=1S/C17H24N2O2S/c1-17(2,3)16(21)18-12-8-10-19(11-9-12)15(20)13-6-4-5-7-14(13)22/h4-7,12,22H,8-11H2,1-3H3,(H,18,21). The van der Waals surface area contributed by atoms with E-state index in [4.69, 9.17) is 0 Å². The minimum atomic E-state index is -0.377. The molecule has 22 heavy (non-hydrogen) atoms. The molecule has 120 valence electrons. The predicted octanol–water partition coefficient (Wildman–Crippen LogP) is 2.74. The number of rotatable bonds is 2. The van der Waals surface area contributed by atoms with Crippen molar-refractivity contribution in [1.82, 2.24) is 10.2 Å². The summed E-state index contributed by atoms with van der Waals surface area (Å²) in [4.78, 5) is 27.1. The molecule has 0 aliphatic carbocycles. The van der Waals surface area contributed by atoms with Gasteiger partial charge in [0, 0.05) is 29.4 Å². The van der Waals surface area contributed by atoms with Gasteiger partial charge in [0.15, 0.2) is 0 Å². The van der Waals surface area contributed by atoms with Gasteiger partial charge in [-0.05, 0) is 25.0 Å². The van der Waals surface area contributed by atoms with Gasteiger partial charge >= 0.3 is 0 Å². The third-order valence-corrected chi connectivity index (χ3v) is 4.32. The molecule has 2 amide bonds. The molecule has 0 aromatic heterocycles. The van der Waals surface area contributed by atoms with Crippen molar-refractivity contribution < 1.29 is 9.59 Å². The first-order valence-electron chi connectivity index (χ1n) is 7.67. The van der Waals surface area contributed by atoms with Crippen molar-refractivity contribution in [1.29, 1.82) is 0 Å². The Morgan fingerprint density at radius 2 is 1.77 bits per heavy atom. The van der Waals surface area contributed by atoms with E-state index in [1.54, 1.807) is 6.07 Å². The molecular formula is C17H24N2O2S. The number of piperidine rings is 1. The summed E-state index contributed by atoms with van der Waals surface area (Å²) in [5, 5.41) is 3.08. The number of carbonyl (C=O) groups excluding carboxylic acids is 2. The number of nitrogens with one attached hydrogen (secondary N) is 1. The zero-order valence-corrected chi connectivity index (χ0v) is 14.3. The van der Waals surface area contributed by atoms with E-state index in [0.717, 1.165) is 12.8 Å². The van der Waals surface area contributed by atoms with E-state index in [-0.39, 0.29) is 23.3 Å². The molecule has 0 radical (unpaired) electrons. The Bertz CT molecular complexity index is 558. The van der Waals surface area contributed by atoms with Gasteiger partial charge in [-0.25, -0.2) is 0 Å². The van der Waals surface area contributed by atoms with Crippen molar-refractivity contribution in [2.24, 2.45) is 5.41 Å². The van der Waals surface area contributed by atoms with Crippen LogP contribution in [0.5, 0.6) is 0 Å². The molecule has 0 bridgehead atoms. The van der Waals surface area contributed by atoms with Crippen molar-refractivity contribution in [3.8, 4) is 0 Å². The molecule has 0 atom stereocenters. The maximum absolute atomic E-state index is 12.5. The minimum absolute atomic E-state index is 0.0196. The number of nitrogens with zero attached hydrogens (tertiary/aromatic N) is 1. The molecule has 1 aromatic rings. The van der Waals surface area contributed by atoms with Gasteiger partial charge in [0.1, 0.15) is 0 Å². The van der Waals surface area contributed by atoms with Crippen LogP contribution in [0.4, 0.5) is 0 Å². The van der Waals surface area contributed by atoms with Gasteiger partial charge in [-0.3, -0.25) is 9.59 Å². The highest BCUT2D eigenvalue weighted by Crippen LogP contribution is 2.20. The van der Waals surface area contributed by atoms with Gasteiger partial charge in [-0.15, -0.1) is 12.6 Å². The molecule has 4 nitrogen and oxygen atoms in total. The molecule has 0 saturated carbocycles. The van der Waals surface area contributed by atoms with Crippen LogP contribution in [0.15, 0.2) is 29.2 Å². The molecule has 1 N–H and O–H groups in total. The monoisotopic (exact) mass is 320 g/mol. The maximum Gasteiger partial charge on any atom is 0.254 e. The molecule has 0 spiro atoms. The first-order chi connectivity index (χ1) is 10.3. The van der Waals surface area contributed by atoms with Crippen LogP contribution in [-0.2, 0) is 4.79 Å². The number of likely N-dealkylation sites (tertiary alicyclic amines) is 1. The fraction of sp³-hybridized carbons (Fsp3) is 0.529. The van der Waals surface area contributed by atoms with E-state index in [0.29, 0.717) is 23.5 Å². The molecule has 1 heterocycles. The highest BCUT2D eigenvalue weighted by molar-refractivity contribution is 7.80. The number of benzene rings is 1. The van der Waals surface area contributed by atoms with Crippen molar-refractivity contribution in [3.63, 3.8) is 0 Å². The minimum Gasteiger partial charge on any atom is -0.353 e. The van der Waals surface area contributed by atoms with Crippen LogP contribution in [0.3, 0.4) is 0 Å². The Morgan fingerprint density at radius 3 is 2.32 bits per heavy atom. The first kappa shape index (κ1) is 16.9. The Balaban J connectivity index is 1.91. The lowest BCUT2D eigenvalue weighted by atomic mass is 9.94. The molecule has 1 aliphatic heterocycles. The SMILES string of the molecule is CC(C)(C)C(=O)NC1CCN(C(=O)c2ccccc2S)CC1. The molecule has 5 heteroatoms. The summed E-state index contributed by atoms with van der Waals surface area (Å²) >= 11 is 4.35. The van der Waals surface area contributed by atoms with Crippen LogP contribution in [0.2, 0.25) is 0 Å². The summed E-state index contributed by atoms with van der Waals surface area (Å²) in [6.45, 7) is 7.05. The summed E-state index contributed by atoms with van der Waals surface area (Å²) in [5.74, 6) is 0.0872. The van der Waals surface area contributed by atoms with Crippen LogP contribution >= 0.6 is 12.6 Å². The average molecular weight is 320 g/mol. The van der Waals surface area contributed by atoms with Crippen LogP contribution in [0.1, 0.15) is 44.0 Å². The number of carbonyl (C=O) groups is 2. The number of hydrogen-bond donors (Lipinski definition) is 2. The van der Waals surface area contributed by atoms with E-state index in [1.165, 1.54) is 0 Å². The number of hydrogen-bond acceptors (Lipinski definition) is 3. The fourth-order valence-electron chi connectivity index (χ4n) is 2.45. The van der Waals surface area contributed by atoms with Crippen LogP contribution in [0, 0.1) is 5.41 Å². The third kappa shape index (κ3) is 4.03. The second-order valence-corrected chi connectivity index (χ2v) is 7.29. The summed E-state index contributed by atoms with van der Waals surface area (Å²) in [5.41, 5.74) is 0.265. The van der Waals surface area contributed by atoms with Gasteiger partial charge < -0.3 is 10.2 Å². The zero-order chi connectivity index (χ0) is 16.3. The second kappa shape index (κ2) is 6.73. The Kier molecular flexibility index (Phi) is 5.16. The van der Waals surface area contributed by atoms with Crippen LogP contribution < -0.4 is 5.32 Å². The molecular weight excluding hydrogens is 296 g/mol. The highest BCUT2D eigenvalue weighted by atomic mass is 32.1. The molecule has 1 saturated heterocycles. The van der Waals surface area contributed by atoms with Crippen molar-refractivity contribution in [2.45, 2.75) is 44.6 Å². The molecule has 1 fully saturated rings. The summed E-state index contributed by atoms with van der Waals surface area (Å²) in [6.07, 6.45) is 1.59.